The van der Waals surface area contributed by atoms with E-state index in [1.165, 1.54) is 21.9 Å². The maximum Gasteiger partial charge on any atom is 0.273 e. The summed E-state index contributed by atoms with van der Waals surface area (Å²) in [5, 5.41) is 12.1. The van der Waals surface area contributed by atoms with Crippen LogP contribution in [0.3, 0.4) is 0 Å². The Labute approximate surface area is 197 Å². The van der Waals surface area contributed by atoms with Crippen LogP contribution in [0.1, 0.15) is 17.5 Å². The predicted octanol–water partition coefficient (Wildman–Crippen LogP) is 3.82. The number of nitrogens with one attached hydrogen (secondary N) is 1. The van der Waals surface area contributed by atoms with Gasteiger partial charge in [0.1, 0.15) is 28.4 Å². The first-order valence-corrected chi connectivity index (χ1v) is 11.2. The Morgan fingerprint density at radius 3 is 2.47 bits per heavy atom. The van der Waals surface area contributed by atoms with Crippen LogP contribution in [0.2, 0.25) is 0 Å². The fourth-order valence-electron chi connectivity index (χ4n) is 4.38. The zero-order valence-corrected chi connectivity index (χ0v) is 19.8. The monoisotopic (exact) mass is 457 g/mol. The third kappa shape index (κ3) is 3.86. The van der Waals surface area contributed by atoms with E-state index in [1.807, 2.05) is 13.0 Å². The Bertz CT molecular complexity index is 1450. The van der Waals surface area contributed by atoms with Crippen molar-refractivity contribution in [3.8, 4) is 28.4 Å². The van der Waals surface area contributed by atoms with Crippen LogP contribution in [0.25, 0.3) is 33.6 Å². The van der Waals surface area contributed by atoms with Crippen molar-refractivity contribution in [1.82, 2.24) is 24.9 Å². The maximum absolute atomic E-state index is 13.0. The lowest BCUT2D eigenvalue weighted by atomic mass is 9.98. The summed E-state index contributed by atoms with van der Waals surface area (Å²) in [6.07, 6.45) is 3.32. The van der Waals surface area contributed by atoms with Gasteiger partial charge in [-0.05, 0) is 43.2 Å². The van der Waals surface area contributed by atoms with Crippen LogP contribution in [0.4, 0.5) is 0 Å². The third-order valence-electron chi connectivity index (χ3n) is 6.29. The fraction of sp³-hybridized carbons (Fsp3) is 0.269. The highest BCUT2D eigenvalue weighted by Gasteiger charge is 2.18. The van der Waals surface area contributed by atoms with Crippen molar-refractivity contribution in [3.05, 3.63) is 70.0 Å². The summed E-state index contributed by atoms with van der Waals surface area (Å²) >= 11 is 0. The number of rotatable bonds is 5. The van der Waals surface area contributed by atoms with Crippen LogP contribution >= 0.6 is 0 Å². The summed E-state index contributed by atoms with van der Waals surface area (Å²) in [5.74, 6) is 1.16. The number of fused-ring (bicyclic) bond motifs is 1. The Balaban J connectivity index is 1.58. The van der Waals surface area contributed by atoms with Gasteiger partial charge in [-0.2, -0.15) is 14.9 Å². The maximum atomic E-state index is 13.0. The second-order valence-electron chi connectivity index (χ2n) is 8.54. The van der Waals surface area contributed by atoms with Crippen LogP contribution in [0.15, 0.2) is 53.3 Å². The average molecular weight is 458 g/mol. The molecule has 0 unspecified atom stereocenters. The standard InChI is InChI=1S/C26H27N5O3/c1-16-13-20(33-3)14-22(34-4)26(16)31-23(32)15-21-25(29-31)24(28-27-21)19-7-5-17(6-8-19)18-9-11-30(2)12-10-18/h5-9,13-15,27H,10-12H2,1-4H3. The summed E-state index contributed by atoms with van der Waals surface area (Å²) in [6.45, 7) is 3.93. The fourth-order valence-corrected chi connectivity index (χ4v) is 4.38. The Hall–Kier alpha value is -3.91. The summed E-state index contributed by atoms with van der Waals surface area (Å²) in [6, 6.07) is 13.5. The number of hydrogen-bond acceptors (Lipinski definition) is 6. The molecule has 1 aliphatic heterocycles. The summed E-state index contributed by atoms with van der Waals surface area (Å²) in [5.41, 5.74) is 6.52. The van der Waals surface area contributed by atoms with Crippen molar-refractivity contribution < 1.29 is 9.47 Å². The zero-order valence-electron chi connectivity index (χ0n) is 19.8. The number of methoxy groups -OCH3 is 2. The normalized spacial score (nSPS) is 14.3. The molecule has 0 fully saturated rings. The summed E-state index contributed by atoms with van der Waals surface area (Å²) < 4.78 is 12.3. The minimum absolute atomic E-state index is 0.279. The molecule has 0 spiro atoms. The largest absolute Gasteiger partial charge is 0.497 e. The van der Waals surface area contributed by atoms with Gasteiger partial charge in [0.25, 0.3) is 5.56 Å². The van der Waals surface area contributed by atoms with Crippen LogP contribution in [0, 0.1) is 6.92 Å². The molecule has 34 heavy (non-hydrogen) atoms. The van der Waals surface area contributed by atoms with Crippen LogP contribution < -0.4 is 15.0 Å². The molecule has 1 N–H and O–H groups in total. The molecule has 0 radical (unpaired) electrons. The minimum Gasteiger partial charge on any atom is -0.497 e. The van der Waals surface area contributed by atoms with Gasteiger partial charge < -0.3 is 14.4 Å². The first-order chi connectivity index (χ1) is 16.5. The molecule has 3 heterocycles. The number of aromatic nitrogens is 4. The molecule has 8 heteroatoms. The number of ether oxygens (including phenoxy) is 2. The van der Waals surface area contributed by atoms with Gasteiger partial charge in [0.05, 0.1) is 19.7 Å². The first-order valence-electron chi connectivity index (χ1n) is 11.2. The van der Waals surface area contributed by atoms with Gasteiger partial charge in [0, 0.05) is 30.8 Å². The Morgan fingerprint density at radius 1 is 1.03 bits per heavy atom. The number of hydrogen-bond donors (Lipinski definition) is 1. The van der Waals surface area contributed by atoms with Crippen LogP contribution in [-0.4, -0.2) is 59.2 Å². The van der Waals surface area contributed by atoms with Gasteiger partial charge in [-0.25, -0.2) is 0 Å². The number of H-pyrrole nitrogens is 1. The molecule has 0 aliphatic carbocycles. The van der Waals surface area contributed by atoms with Crippen molar-refractivity contribution in [3.63, 3.8) is 0 Å². The average Bonchev–Trinajstić information content (AvgIpc) is 3.26. The minimum atomic E-state index is -0.279. The van der Waals surface area contributed by atoms with Gasteiger partial charge >= 0.3 is 0 Å². The Morgan fingerprint density at radius 2 is 1.79 bits per heavy atom. The van der Waals surface area contributed by atoms with Gasteiger partial charge in [0.15, 0.2) is 0 Å². The topological polar surface area (TPSA) is 85.3 Å². The number of nitrogens with zero attached hydrogens (tertiary/aromatic N) is 4. The van der Waals surface area contributed by atoms with Gasteiger partial charge in [0.2, 0.25) is 0 Å². The van der Waals surface area contributed by atoms with Crippen LogP contribution in [0.5, 0.6) is 11.5 Å². The molecule has 2 aromatic heterocycles. The smallest absolute Gasteiger partial charge is 0.273 e. The van der Waals surface area contributed by atoms with E-state index in [-0.39, 0.29) is 5.56 Å². The van der Waals surface area contributed by atoms with Crippen molar-refractivity contribution in [2.24, 2.45) is 0 Å². The molecule has 0 saturated carbocycles. The van der Waals surface area contributed by atoms with Crippen molar-refractivity contribution in [2.45, 2.75) is 13.3 Å². The quantitative estimate of drug-likeness (QED) is 0.490. The van der Waals surface area contributed by atoms with Crippen molar-refractivity contribution >= 4 is 16.6 Å². The van der Waals surface area contributed by atoms with E-state index >= 15 is 0 Å². The molecule has 4 aromatic rings. The highest BCUT2D eigenvalue weighted by atomic mass is 16.5. The number of likely N-dealkylation sites (N-methyl/N-ethyl adjacent to an activating group) is 1. The van der Waals surface area contributed by atoms with E-state index < -0.39 is 0 Å². The van der Waals surface area contributed by atoms with Gasteiger partial charge in [-0.3, -0.25) is 9.89 Å². The lowest BCUT2D eigenvalue weighted by Gasteiger charge is -2.22. The lowest BCUT2D eigenvalue weighted by Crippen LogP contribution is -2.23. The molecule has 0 amide bonds. The predicted molar refractivity (Wildman–Crippen MR) is 133 cm³/mol. The molecule has 1 aliphatic rings. The SMILES string of the molecule is COc1cc(C)c(-n2nc3c(-c4ccc(C5=CCN(C)CC5)cc4)n[nH]c3cc2=O)c(OC)c1. The molecule has 0 bridgehead atoms. The molecule has 8 nitrogen and oxygen atoms in total. The van der Waals surface area contributed by atoms with E-state index in [4.69, 9.17) is 14.6 Å². The highest BCUT2D eigenvalue weighted by Crippen LogP contribution is 2.32. The van der Waals surface area contributed by atoms with Crippen LogP contribution in [-0.2, 0) is 0 Å². The highest BCUT2D eigenvalue weighted by molar-refractivity contribution is 5.89. The lowest BCUT2D eigenvalue weighted by molar-refractivity contribution is 0.370. The number of aromatic amines is 1. The van der Waals surface area contributed by atoms with E-state index in [0.717, 1.165) is 30.6 Å². The zero-order chi connectivity index (χ0) is 23.8. The van der Waals surface area contributed by atoms with E-state index in [1.54, 1.807) is 20.3 Å². The number of aryl methyl sites for hydroxylation is 1. The molecule has 174 valence electrons. The second-order valence-corrected chi connectivity index (χ2v) is 8.54. The molecule has 0 saturated heterocycles. The summed E-state index contributed by atoms with van der Waals surface area (Å²) in [4.78, 5) is 15.3. The summed E-state index contributed by atoms with van der Waals surface area (Å²) in [7, 11) is 5.29. The van der Waals surface area contributed by atoms with E-state index in [9.17, 15) is 4.79 Å². The van der Waals surface area contributed by atoms with Gasteiger partial charge in [-0.1, -0.05) is 30.3 Å². The number of benzene rings is 2. The third-order valence-corrected chi connectivity index (χ3v) is 6.29. The molecule has 2 aromatic carbocycles. The molecule has 0 atom stereocenters. The Kier molecular flexibility index (Phi) is 5.67. The molecular weight excluding hydrogens is 430 g/mol. The second kappa shape index (κ2) is 8.79. The van der Waals surface area contributed by atoms with E-state index in [2.05, 4.69) is 52.5 Å². The van der Waals surface area contributed by atoms with Crippen molar-refractivity contribution in [2.75, 3.05) is 34.4 Å². The first kappa shape index (κ1) is 21.9. The van der Waals surface area contributed by atoms with Crippen molar-refractivity contribution in [1.29, 1.82) is 0 Å². The molecular formula is C26H27N5O3. The molecule has 5 rings (SSSR count). The van der Waals surface area contributed by atoms with E-state index in [0.29, 0.717) is 33.9 Å². The van der Waals surface area contributed by atoms with Gasteiger partial charge in [-0.15, -0.1) is 0 Å².